The highest BCUT2D eigenvalue weighted by atomic mass is 16.7. The number of aromatic nitrogens is 1. The van der Waals surface area contributed by atoms with Gasteiger partial charge in [0.1, 0.15) is 36.5 Å². The molecule has 6 atom stereocenters. The first-order valence-corrected chi connectivity index (χ1v) is 20.1. The molecule has 3 aromatic rings. The first-order valence-electron chi connectivity index (χ1n) is 20.1. The van der Waals surface area contributed by atoms with Crippen molar-refractivity contribution in [1.29, 1.82) is 0 Å². The highest BCUT2D eigenvalue weighted by Gasteiger charge is 2.65. The summed E-state index contributed by atoms with van der Waals surface area (Å²) >= 11 is 0. The number of oxime groups is 1. The van der Waals surface area contributed by atoms with Crippen LogP contribution in [0.1, 0.15) is 74.7 Å². The Bertz CT molecular complexity index is 1970. The van der Waals surface area contributed by atoms with Crippen molar-refractivity contribution < 1.29 is 43.7 Å². The molecule has 1 amide bonds. The van der Waals surface area contributed by atoms with E-state index in [9.17, 15) is 25.1 Å². The molecule has 2 aromatic carbocycles. The Morgan fingerprint density at radius 3 is 2.52 bits per heavy atom. The predicted molar refractivity (Wildman–Crippen MR) is 217 cm³/mol. The molecule has 14 heteroatoms. The van der Waals surface area contributed by atoms with Gasteiger partial charge in [-0.05, 0) is 99.4 Å². The Balaban J connectivity index is 1.50. The lowest BCUT2D eigenvalue weighted by Crippen LogP contribution is -2.69. The van der Waals surface area contributed by atoms with Crippen LogP contribution in [-0.4, -0.2) is 82.1 Å². The standard InChI is InChI=1S/C44H54N4O10/c1-5-24-55-44-40(47(4)43(51)57-33-18-16-32(17-19-33)48(52)53)27-38(46-56-6-2)36-25-30(13-7-9-22-49)35(15-8-10-23-50)41(42(36)44)37-26-34(20-21-39(37)58-44)54-28-31-14-11-12-29(3)45-31/h5,11-12,14,16-21,25-26,30,35,40-42,49-50H,1,6-10,13,15,22-24,27-28H2,2-4H3/t30-,35+,40-,41+,42+,44+/m0/s1. The number of aliphatic hydroxyl groups excluding tert-OH is 2. The molecule has 0 spiro atoms. The number of hydrogen-bond acceptors (Lipinski definition) is 12. The van der Waals surface area contributed by atoms with E-state index in [-0.39, 0.29) is 62.0 Å². The van der Waals surface area contributed by atoms with E-state index in [1.807, 2.05) is 50.2 Å². The summed E-state index contributed by atoms with van der Waals surface area (Å²) in [5.74, 6) is -0.740. The number of carbonyl (C=O) groups is 1. The Labute approximate surface area is 339 Å². The molecule has 2 N–H and O–H groups in total. The molecule has 0 radical (unpaired) electrons. The van der Waals surface area contributed by atoms with Crippen LogP contribution in [0.4, 0.5) is 10.5 Å². The zero-order valence-corrected chi connectivity index (χ0v) is 33.5. The minimum Gasteiger partial charge on any atom is -0.487 e. The molecule has 2 heterocycles. The molecule has 6 rings (SSSR count). The largest absolute Gasteiger partial charge is 0.487 e. The number of ether oxygens (including phenoxy) is 4. The van der Waals surface area contributed by atoms with E-state index >= 15 is 0 Å². The topological polar surface area (TPSA) is 175 Å². The molecule has 3 aliphatic rings. The average Bonchev–Trinajstić information content (AvgIpc) is 3.22. The summed E-state index contributed by atoms with van der Waals surface area (Å²) in [6.45, 7) is 8.62. The number of aliphatic hydroxyl groups is 2. The molecule has 1 aliphatic heterocycles. The summed E-state index contributed by atoms with van der Waals surface area (Å²) in [7, 11) is 1.62. The van der Waals surface area contributed by atoms with E-state index in [2.05, 4.69) is 22.8 Å². The summed E-state index contributed by atoms with van der Waals surface area (Å²) < 4.78 is 26.2. The van der Waals surface area contributed by atoms with Crippen LogP contribution in [0.15, 0.2) is 90.1 Å². The fourth-order valence-corrected chi connectivity index (χ4v) is 8.73. The van der Waals surface area contributed by atoms with Gasteiger partial charge in [0.2, 0.25) is 5.79 Å². The molecule has 14 nitrogen and oxygen atoms in total. The van der Waals surface area contributed by atoms with Crippen molar-refractivity contribution in [1.82, 2.24) is 9.88 Å². The normalized spacial score (nSPS) is 23.8. The van der Waals surface area contributed by atoms with Gasteiger partial charge in [0.15, 0.2) is 0 Å². The number of amides is 1. The summed E-state index contributed by atoms with van der Waals surface area (Å²) in [6.07, 6.45) is 7.88. The lowest BCUT2D eigenvalue weighted by Gasteiger charge is -2.59. The van der Waals surface area contributed by atoms with Crippen molar-refractivity contribution in [3.63, 3.8) is 0 Å². The Kier molecular flexibility index (Phi) is 14.2. The zero-order chi connectivity index (χ0) is 41.2. The van der Waals surface area contributed by atoms with Crippen LogP contribution in [0.5, 0.6) is 17.2 Å². The van der Waals surface area contributed by atoms with Crippen LogP contribution in [0.2, 0.25) is 0 Å². The number of unbranched alkanes of at least 4 members (excludes halogenated alkanes) is 2. The second kappa shape index (κ2) is 19.4. The third-order valence-electron chi connectivity index (χ3n) is 11.3. The maximum absolute atomic E-state index is 14.1. The maximum Gasteiger partial charge on any atom is 0.415 e. The van der Waals surface area contributed by atoms with Crippen LogP contribution in [0.3, 0.4) is 0 Å². The van der Waals surface area contributed by atoms with Gasteiger partial charge in [0.25, 0.3) is 5.69 Å². The third kappa shape index (κ3) is 9.19. The molecule has 0 unspecified atom stereocenters. The van der Waals surface area contributed by atoms with Crippen LogP contribution in [-0.2, 0) is 16.2 Å². The molecule has 1 aromatic heterocycles. The van der Waals surface area contributed by atoms with Crippen LogP contribution in [0.25, 0.3) is 0 Å². The van der Waals surface area contributed by atoms with Crippen molar-refractivity contribution in [2.75, 3.05) is 33.5 Å². The number of benzene rings is 2. The van der Waals surface area contributed by atoms with Gasteiger partial charge in [0.05, 0.1) is 28.9 Å². The SMILES string of the molecule is C=CCO[C@@]12Oc3ccc(OCc4cccc(C)n4)cc3[C@H]3[C@H](CCCCO)[C@@H](CCCCO)C=C(C(=NOCC)C[C@@H]1N(C)C(=O)Oc1ccc([N+](=O)[O-])cc1)[C@H]32. The van der Waals surface area contributed by atoms with E-state index in [1.165, 1.54) is 29.2 Å². The quantitative estimate of drug-likeness (QED) is 0.0527. The summed E-state index contributed by atoms with van der Waals surface area (Å²) in [6, 6.07) is 16.1. The molecular formula is C44H54N4O10. The summed E-state index contributed by atoms with van der Waals surface area (Å²) in [4.78, 5) is 36.7. The third-order valence-corrected chi connectivity index (χ3v) is 11.3. The smallest absolute Gasteiger partial charge is 0.415 e. The van der Waals surface area contributed by atoms with Crippen LogP contribution < -0.4 is 14.2 Å². The maximum atomic E-state index is 14.1. The van der Waals surface area contributed by atoms with E-state index < -0.39 is 28.8 Å². The summed E-state index contributed by atoms with van der Waals surface area (Å²) in [5, 5.41) is 35.6. The second-order valence-corrected chi connectivity index (χ2v) is 15.0. The highest BCUT2D eigenvalue weighted by Crippen LogP contribution is 2.61. The number of hydrogen-bond donors (Lipinski definition) is 2. The number of aryl methyl sites for hydroxylation is 1. The lowest BCUT2D eigenvalue weighted by atomic mass is 9.55. The molecule has 310 valence electrons. The number of nitro groups is 1. The molecule has 58 heavy (non-hydrogen) atoms. The van der Waals surface area contributed by atoms with Gasteiger partial charge in [-0.15, -0.1) is 6.58 Å². The number of likely N-dealkylation sites (N-methyl/N-ethyl adjacent to an activating group) is 1. The highest BCUT2D eigenvalue weighted by molar-refractivity contribution is 6.03. The number of rotatable bonds is 19. The summed E-state index contributed by atoms with van der Waals surface area (Å²) in [5.41, 5.74) is 4.06. The van der Waals surface area contributed by atoms with Gasteiger partial charge in [-0.3, -0.25) is 15.1 Å². The van der Waals surface area contributed by atoms with Crippen molar-refractivity contribution in [2.45, 2.75) is 83.1 Å². The monoisotopic (exact) mass is 798 g/mol. The van der Waals surface area contributed by atoms with E-state index in [0.717, 1.165) is 48.2 Å². The van der Waals surface area contributed by atoms with Gasteiger partial charge in [-0.2, -0.15) is 0 Å². The number of nitrogens with zero attached hydrogens (tertiary/aromatic N) is 4. The fraction of sp³-hybridized carbons (Fsp3) is 0.477. The number of allylic oxidation sites excluding steroid dienone is 1. The van der Waals surface area contributed by atoms with E-state index in [0.29, 0.717) is 36.7 Å². The molecule has 0 bridgehead atoms. The Morgan fingerprint density at radius 2 is 1.83 bits per heavy atom. The molecule has 1 fully saturated rings. The molecule has 0 saturated heterocycles. The Morgan fingerprint density at radius 1 is 1.09 bits per heavy atom. The van der Waals surface area contributed by atoms with E-state index in [4.69, 9.17) is 23.8 Å². The van der Waals surface area contributed by atoms with E-state index in [1.54, 1.807) is 13.1 Å². The first kappa shape index (κ1) is 42.3. The minimum atomic E-state index is -1.47. The lowest BCUT2D eigenvalue weighted by molar-refractivity contribution is -0.384. The fourth-order valence-electron chi connectivity index (χ4n) is 8.73. The van der Waals surface area contributed by atoms with Crippen molar-refractivity contribution in [2.24, 2.45) is 22.9 Å². The predicted octanol–water partition coefficient (Wildman–Crippen LogP) is 7.66. The number of non-ortho nitro benzene ring substituents is 1. The van der Waals surface area contributed by atoms with Gasteiger partial charge in [0, 0.05) is 56.0 Å². The van der Waals surface area contributed by atoms with Crippen LogP contribution in [0, 0.1) is 34.8 Å². The van der Waals surface area contributed by atoms with Crippen LogP contribution >= 0.6 is 0 Å². The average molecular weight is 799 g/mol. The Hall–Kier alpha value is -5.31. The minimum absolute atomic E-state index is 0.0338. The van der Waals surface area contributed by atoms with Crippen molar-refractivity contribution >= 4 is 17.5 Å². The number of pyridine rings is 1. The van der Waals surface area contributed by atoms with Gasteiger partial charge in [-0.25, -0.2) is 4.79 Å². The van der Waals surface area contributed by atoms with Gasteiger partial charge >= 0.3 is 6.09 Å². The number of carbonyl (C=O) groups excluding carboxylic acids is 1. The molecular weight excluding hydrogens is 745 g/mol. The molecule has 2 aliphatic carbocycles. The number of fused-ring (bicyclic) bond motifs is 2. The molecule has 1 saturated carbocycles. The zero-order valence-electron chi connectivity index (χ0n) is 33.5. The first-order chi connectivity index (χ1) is 28.1. The second-order valence-electron chi connectivity index (χ2n) is 15.0. The number of nitro benzene ring substituents is 1. The van der Waals surface area contributed by atoms with Crippen molar-refractivity contribution in [3.8, 4) is 17.2 Å². The van der Waals surface area contributed by atoms with Crippen molar-refractivity contribution in [3.05, 3.63) is 112 Å². The van der Waals surface area contributed by atoms with Gasteiger partial charge in [-0.1, -0.05) is 36.2 Å². The van der Waals surface area contributed by atoms with Gasteiger partial charge < -0.3 is 38.9 Å².